The SMILES string of the molecule is COCCN1CC[C@H](c2ncnn2-c2ccc3c(c2)OCCO3)C1. The van der Waals surface area contributed by atoms with E-state index in [9.17, 15) is 0 Å². The third kappa shape index (κ3) is 2.97. The Morgan fingerprint density at radius 2 is 2.12 bits per heavy atom. The third-order valence-electron chi connectivity index (χ3n) is 4.59. The van der Waals surface area contributed by atoms with Gasteiger partial charge in [-0.25, -0.2) is 9.67 Å². The number of hydrogen-bond donors (Lipinski definition) is 0. The molecule has 2 aliphatic heterocycles. The average molecular weight is 330 g/mol. The van der Waals surface area contributed by atoms with Gasteiger partial charge in [0.15, 0.2) is 11.5 Å². The highest BCUT2D eigenvalue weighted by atomic mass is 16.6. The first kappa shape index (κ1) is 15.4. The van der Waals surface area contributed by atoms with Crippen molar-refractivity contribution < 1.29 is 14.2 Å². The number of methoxy groups -OCH3 is 1. The maximum absolute atomic E-state index is 5.68. The van der Waals surface area contributed by atoms with Gasteiger partial charge in [0, 0.05) is 32.2 Å². The van der Waals surface area contributed by atoms with E-state index in [1.807, 2.05) is 22.9 Å². The molecule has 0 N–H and O–H groups in total. The van der Waals surface area contributed by atoms with Crippen molar-refractivity contribution in [1.29, 1.82) is 0 Å². The van der Waals surface area contributed by atoms with E-state index in [-0.39, 0.29) is 0 Å². The lowest BCUT2D eigenvalue weighted by molar-refractivity contribution is 0.160. The highest BCUT2D eigenvalue weighted by molar-refractivity contribution is 5.49. The summed E-state index contributed by atoms with van der Waals surface area (Å²) in [6.45, 7) is 4.97. The van der Waals surface area contributed by atoms with E-state index in [2.05, 4.69) is 15.0 Å². The summed E-state index contributed by atoms with van der Waals surface area (Å²) in [7, 11) is 1.74. The van der Waals surface area contributed by atoms with Gasteiger partial charge >= 0.3 is 0 Å². The molecular weight excluding hydrogens is 308 g/mol. The summed E-state index contributed by atoms with van der Waals surface area (Å²) in [5.74, 6) is 2.95. The summed E-state index contributed by atoms with van der Waals surface area (Å²) in [6, 6.07) is 5.92. The van der Waals surface area contributed by atoms with Crippen molar-refractivity contribution in [3.05, 3.63) is 30.4 Å². The number of hydrogen-bond acceptors (Lipinski definition) is 6. The van der Waals surface area contributed by atoms with Gasteiger partial charge in [-0.3, -0.25) is 0 Å². The molecule has 0 bridgehead atoms. The monoisotopic (exact) mass is 330 g/mol. The normalized spacial score (nSPS) is 20.5. The van der Waals surface area contributed by atoms with Gasteiger partial charge in [-0.1, -0.05) is 0 Å². The van der Waals surface area contributed by atoms with Crippen LogP contribution < -0.4 is 9.47 Å². The van der Waals surface area contributed by atoms with E-state index in [4.69, 9.17) is 14.2 Å². The van der Waals surface area contributed by atoms with Crippen molar-refractivity contribution in [3.8, 4) is 17.2 Å². The Kier molecular flexibility index (Phi) is 4.36. The number of ether oxygens (including phenoxy) is 3. The highest BCUT2D eigenvalue weighted by Crippen LogP contribution is 2.33. The summed E-state index contributed by atoms with van der Waals surface area (Å²) in [4.78, 5) is 6.94. The lowest BCUT2D eigenvalue weighted by Crippen LogP contribution is -2.25. The van der Waals surface area contributed by atoms with Crippen molar-refractivity contribution in [1.82, 2.24) is 19.7 Å². The Bertz CT molecular complexity index is 703. The van der Waals surface area contributed by atoms with Crippen LogP contribution in [0.1, 0.15) is 18.2 Å². The van der Waals surface area contributed by atoms with Crippen molar-refractivity contribution in [2.24, 2.45) is 0 Å². The molecule has 128 valence electrons. The molecule has 24 heavy (non-hydrogen) atoms. The Balaban J connectivity index is 1.55. The fraction of sp³-hybridized carbons (Fsp3) is 0.529. The fourth-order valence-corrected chi connectivity index (χ4v) is 3.36. The minimum atomic E-state index is 0.387. The summed E-state index contributed by atoms with van der Waals surface area (Å²) in [5, 5.41) is 4.43. The predicted octanol–water partition coefficient (Wildman–Crippen LogP) is 1.47. The van der Waals surface area contributed by atoms with E-state index in [1.165, 1.54) is 0 Å². The molecule has 0 saturated carbocycles. The largest absolute Gasteiger partial charge is 0.486 e. The third-order valence-corrected chi connectivity index (χ3v) is 4.59. The number of fused-ring (bicyclic) bond motifs is 1. The van der Waals surface area contributed by atoms with E-state index in [1.54, 1.807) is 13.4 Å². The molecule has 1 aromatic heterocycles. The topological polar surface area (TPSA) is 61.6 Å². The summed E-state index contributed by atoms with van der Waals surface area (Å²) < 4.78 is 18.4. The molecule has 0 unspecified atom stereocenters. The fourth-order valence-electron chi connectivity index (χ4n) is 3.36. The number of benzene rings is 1. The second-order valence-electron chi connectivity index (χ2n) is 6.14. The molecule has 0 amide bonds. The summed E-state index contributed by atoms with van der Waals surface area (Å²) in [5.41, 5.74) is 0.960. The van der Waals surface area contributed by atoms with E-state index >= 15 is 0 Å². The van der Waals surface area contributed by atoms with Gasteiger partial charge in [0.05, 0.1) is 12.3 Å². The van der Waals surface area contributed by atoms with Crippen LogP contribution in [-0.2, 0) is 4.74 Å². The molecule has 2 aromatic rings. The van der Waals surface area contributed by atoms with Crippen molar-refractivity contribution in [2.75, 3.05) is 46.6 Å². The van der Waals surface area contributed by atoms with Crippen LogP contribution in [0.15, 0.2) is 24.5 Å². The Morgan fingerprint density at radius 3 is 3.00 bits per heavy atom. The summed E-state index contributed by atoms with van der Waals surface area (Å²) >= 11 is 0. The molecule has 4 rings (SSSR count). The maximum Gasteiger partial charge on any atom is 0.163 e. The zero-order valence-electron chi connectivity index (χ0n) is 13.9. The second kappa shape index (κ2) is 6.78. The highest BCUT2D eigenvalue weighted by Gasteiger charge is 2.28. The predicted molar refractivity (Wildman–Crippen MR) is 88.0 cm³/mol. The van der Waals surface area contributed by atoms with Crippen LogP contribution in [0, 0.1) is 0 Å². The van der Waals surface area contributed by atoms with Crippen LogP contribution in [0.2, 0.25) is 0 Å². The van der Waals surface area contributed by atoms with E-state index in [0.717, 1.165) is 55.7 Å². The first-order valence-corrected chi connectivity index (χ1v) is 8.36. The van der Waals surface area contributed by atoms with Crippen molar-refractivity contribution >= 4 is 0 Å². The van der Waals surface area contributed by atoms with Crippen molar-refractivity contribution in [3.63, 3.8) is 0 Å². The molecule has 7 heteroatoms. The summed E-state index contributed by atoms with van der Waals surface area (Å²) in [6.07, 6.45) is 2.72. The van der Waals surface area contributed by atoms with Crippen molar-refractivity contribution in [2.45, 2.75) is 12.3 Å². The first-order chi connectivity index (χ1) is 11.8. The molecule has 1 aromatic carbocycles. The molecule has 7 nitrogen and oxygen atoms in total. The number of rotatable bonds is 5. The van der Waals surface area contributed by atoms with E-state index in [0.29, 0.717) is 19.1 Å². The van der Waals surface area contributed by atoms with Gasteiger partial charge < -0.3 is 19.1 Å². The molecule has 0 spiro atoms. The lowest BCUT2D eigenvalue weighted by atomic mass is 10.1. The van der Waals surface area contributed by atoms with Gasteiger partial charge in [0.25, 0.3) is 0 Å². The van der Waals surface area contributed by atoms with Crippen LogP contribution in [0.4, 0.5) is 0 Å². The molecule has 1 atom stereocenters. The Morgan fingerprint density at radius 1 is 1.25 bits per heavy atom. The number of likely N-dealkylation sites (tertiary alicyclic amines) is 1. The minimum absolute atomic E-state index is 0.387. The molecule has 1 saturated heterocycles. The van der Waals surface area contributed by atoms with Gasteiger partial charge in [-0.15, -0.1) is 0 Å². The van der Waals surface area contributed by atoms with Gasteiger partial charge in [-0.05, 0) is 25.1 Å². The smallest absolute Gasteiger partial charge is 0.163 e. The molecule has 0 aliphatic carbocycles. The number of nitrogens with zero attached hydrogens (tertiary/aromatic N) is 4. The van der Waals surface area contributed by atoms with Crippen LogP contribution in [0.5, 0.6) is 11.5 Å². The van der Waals surface area contributed by atoms with Gasteiger partial charge in [0.1, 0.15) is 25.4 Å². The lowest BCUT2D eigenvalue weighted by Gasteiger charge is -2.19. The molecule has 0 radical (unpaired) electrons. The molecule has 1 fully saturated rings. The average Bonchev–Trinajstić information content (AvgIpc) is 3.28. The first-order valence-electron chi connectivity index (χ1n) is 8.36. The molecular formula is C17H22N4O3. The van der Waals surface area contributed by atoms with Gasteiger partial charge in [-0.2, -0.15) is 5.10 Å². The van der Waals surface area contributed by atoms with Gasteiger partial charge in [0.2, 0.25) is 0 Å². The quantitative estimate of drug-likeness (QED) is 0.827. The van der Waals surface area contributed by atoms with Crippen LogP contribution in [0.3, 0.4) is 0 Å². The second-order valence-corrected chi connectivity index (χ2v) is 6.14. The molecule has 2 aliphatic rings. The molecule has 3 heterocycles. The van der Waals surface area contributed by atoms with E-state index < -0.39 is 0 Å². The maximum atomic E-state index is 5.68. The standard InChI is InChI=1S/C17H22N4O3/c1-22-7-6-20-5-4-13(11-20)17-18-12-19-21(17)14-2-3-15-16(10-14)24-9-8-23-15/h2-3,10,12-13H,4-9,11H2,1H3/t13-/m0/s1. The Labute approximate surface area is 141 Å². The zero-order chi connectivity index (χ0) is 16.4. The number of aromatic nitrogens is 3. The Hall–Kier alpha value is -2.12. The van der Waals surface area contributed by atoms with Crippen LogP contribution in [0.25, 0.3) is 5.69 Å². The van der Waals surface area contributed by atoms with Crippen LogP contribution >= 0.6 is 0 Å². The zero-order valence-corrected chi connectivity index (χ0v) is 13.9. The van der Waals surface area contributed by atoms with Crippen LogP contribution in [-0.4, -0.2) is 66.2 Å². The minimum Gasteiger partial charge on any atom is -0.486 e.